The van der Waals surface area contributed by atoms with Crippen LogP contribution in [0.4, 0.5) is 13.2 Å². The van der Waals surface area contributed by atoms with Gasteiger partial charge >= 0.3 is 12.1 Å². The third-order valence-electron chi connectivity index (χ3n) is 2.24. The van der Waals surface area contributed by atoms with Gasteiger partial charge in [0.15, 0.2) is 0 Å². The molecule has 0 unspecified atom stereocenters. The minimum atomic E-state index is -4.64. The second-order valence-electron chi connectivity index (χ2n) is 3.70. The van der Waals surface area contributed by atoms with Crippen molar-refractivity contribution in [3.8, 4) is 11.4 Å². The molecule has 0 aliphatic heterocycles. The summed E-state index contributed by atoms with van der Waals surface area (Å²) in [6.07, 6.45) is -3.15. The van der Waals surface area contributed by atoms with Crippen LogP contribution in [0.2, 0.25) is 0 Å². The van der Waals surface area contributed by atoms with Gasteiger partial charge in [-0.3, -0.25) is 0 Å². The number of nitrogens with zero attached hydrogens (tertiary/aromatic N) is 3. The molecule has 2 rings (SSSR count). The van der Waals surface area contributed by atoms with Gasteiger partial charge in [-0.15, -0.1) is 0 Å². The van der Waals surface area contributed by atoms with Gasteiger partial charge in [0, 0.05) is 5.56 Å². The standard InChI is InChI=1S/C12H10F3N3O2/c1-2-19-16-7-8-3-5-9(6-4-8)10-17-11(20-18-10)12(13,14)15/h3-7H,2H2,1H3/b16-7+. The first-order chi connectivity index (χ1) is 9.50. The molecular weight excluding hydrogens is 275 g/mol. The van der Waals surface area contributed by atoms with E-state index in [1.807, 2.05) is 0 Å². The molecule has 2 aromatic rings. The summed E-state index contributed by atoms with van der Waals surface area (Å²) in [7, 11) is 0. The van der Waals surface area contributed by atoms with Crippen molar-refractivity contribution in [2.75, 3.05) is 6.61 Å². The Morgan fingerprint density at radius 1 is 1.30 bits per heavy atom. The summed E-state index contributed by atoms with van der Waals surface area (Å²) in [5.74, 6) is -1.49. The van der Waals surface area contributed by atoms with E-state index in [0.717, 1.165) is 5.56 Å². The van der Waals surface area contributed by atoms with Crippen molar-refractivity contribution in [1.29, 1.82) is 0 Å². The van der Waals surface area contributed by atoms with Crippen molar-refractivity contribution in [1.82, 2.24) is 10.1 Å². The van der Waals surface area contributed by atoms with E-state index < -0.39 is 12.1 Å². The van der Waals surface area contributed by atoms with E-state index in [2.05, 4.69) is 19.8 Å². The summed E-state index contributed by atoms with van der Waals surface area (Å²) in [4.78, 5) is 8.09. The molecule has 0 radical (unpaired) electrons. The van der Waals surface area contributed by atoms with Crippen molar-refractivity contribution in [3.05, 3.63) is 35.7 Å². The smallest absolute Gasteiger partial charge is 0.396 e. The molecular formula is C12H10F3N3O2. The first kappa shape index (κ1) is 14.0. The number of hydrogen-bond acceptors (Lipinski definition) is 5. The number of alkyl halides is 3. The third kappa shape index (κ3) is 3.34. The second kappa shape index (κ2) is 5.72. The minimum Gasteiger partial charge on any atom is -0.396 e. The van der Waals surface area contributed by atoms with Gasteiger partial charge in [-0.1, -0.05) is 34.6 Å². The van der Waals surface area contributed by atoms with E-state index in [1.54, 1.807) is 31.2 Å². The molecule has 1 aromatic heterocycles. The fraction of sp³-hybridized carbons (Fsp3) is 0.250. The van der Waals surface area contributed by atoms with Gasteiger partial charge in [0.05, 0.1) is 6.21 Å². The van der Waals surface area contributed by atoms with Crippen LogP contribution in [0.1, 0.15) is 18.4 Å². The summed E-state index contributed by atoms with van der Waals surface area (Å²) < 4.78 is 41.1. The van der Waals surface area contributed by atoms with Crippen molar-refractivity contribution in [2.24, 2.45) is 5.16 Å². The van der Waals surface area contributed by atoms with E-state index >= 15 is 0 Å². The zero-order valence-electron chi connectivity index (χ0n) is 10.4. The van der Waals surface area contributed by atoms with Crippen molar-refractivity contribution >= 4 is 6.21 Å². The molecule has 5 nitrogen and oxygen atoms in total. The summed E-state index contributed by atoms with van der Waals surface area (Å²) in [6, 6.07) is 6.44. The Kier molecular flexibility index (Phi) is 4.02. The van der Waals surface area contributed by atoms with Crippen LogP contribution in [0, 0.1) is 0 Å². The molecule has 0 aliphatic rings. The van der Waals surface area contributed by atoms with Gasteiger partial charge in [0.25, 0.3) is 0 Å². The first-order valence-electron chi connectivity index (χ1n) is 5.67. The number of benzene rings is 1. The summed E-state index contributed by atoms with van der Waals surface area (Å²) in [5, 5.41) is 6.97. The first-order valence-corrected chi connectivity index (χ1v) is 5.67. The zero-order chi connectivity index (χ0) is 14.6. The summed E-state index contributed by atoms with van der Waals surface area (Å²) in [5.41, 5.74) is 1.15. The van der Waals surface area contributed by atoms with Crippen LogP contribution in [-0.4, -0.2) is 23.0 Å². The number of rotatable bonds is 4. The van der Waals surface area contributed by atoms with Crippen LogP contribution in [0.5, 0.6) is 0 Å². The number of hydrogen-bond donors (Lipinski definition) is 0. The van der Waals surface area contributed by atoms with Crippen LogP contribution in [0.3, 0.4) is 0 Å². The average Bonchev–Trinajstić information content (AvgIpc) is 2.89. The van der Waals surface area contributed by atoms with Gasteiger partial charge in [0.1, 0.15) is 6.61 Å². The predicted octanol–water partition coefficient (Wildman–Crippen LogP) is 3.13. The molecule has 0 atom stereocenters. The summed E-state index contributed by atoms with van der Waals surface area (Å²) >= 11 is 0. The highest BCUT2D eigenvalue weighted by atomic mass is 19.4. The lowest BCUT2D eigenvalue weighted by Crippen LogP contribution is -2.04. The maximum atomic E-state index is 12.3. The molecule has 0 aliphatic carbocycles. The highest BCUT2D eigenvalue weighted by molar-refractivity contribution is 5.80. The lowest BCUT2D eigenvalue weighted by Gasteiger charge is -1.97. The average molecular weight is 285 g/mol. The monoisotopic (exact) mass is 285 g/mol. The molecule has 0 amide bonds. The zero-order valence-corrected chi connectivity index (χ0v) is 10.4. The van der Waals surface area contributed by atoms with E-state index in [4.69, 9.17) is 4.84 Å². The second-order valence-corrected chi connectivity index (χ2v) is 3.70. The molecule has 1 heterocycles. The molecule has 1 aromatic carbocycles. The summed E-state index contributed by atoms with van der Waals surface area (Å²) in [6.45, 7) is 2.26. The van der Waals surface area contributed by atoms with Gasteiger partial charge in [0.2, 0.25) is 5.82 Å². The molecule has 106 valence electrons. The predicted molar refractivity (Wildman–Crippen MR) is 64.0 cm³/mol. The Balaban J connectivity index is 2.16. The molecule has 0 N–H and O–H groups in total. The largest absolute Gasteiger partial charge is 0.471 e. The van der Waals surface area contributed by atoms with Crippen molar-refractivity contribution in [3.63, 3.8) is 0 Å². The molecule has 0 fully saturated rings. The lowest BCUT2D eigenvalue weighted by atomic mass is 10.1. The van der Waals surface area contributed by atoms with Crippen LogP contribution < -0.4 is 0 Å². The maximum Gasteiger partial charge on any atom is 0.471 e. The number of aromatic nitrogens is 2. The molecule has 8 heteroatoms. The van der Waals surface area contributed by atoms with Crippen molar-refractivity contribution < 1.29 is 22.5 Å². The molecule has 0 saturated heterocycles. The fourth-order valence-electron chi connectivity index (χ4n) is 1.35. The van der Waals surface area contributed by atoms with Gasteiger partial charge in [-0.2, -0.15) is 18.2 Å². The fourth-order valence-corrected chi connectivity index (χ4v) is 1.35. The molecule has 20 heavy (non-hydrogen) atoms. The Bertz CT molecular complexity index is 591. The van der Waals surface area contributed by atoms with Crippen LogP contribution >= 0.6 is 0 Å². The Morgan fingerprint density at radius 3 is 2.55 bits per heavy atom. The van der Waals surface area contributed by atoms with Gasteiger partial charge < -0.3 is 9.36 Å². The van der Waals surface area contributed by atoms with E-state index in [1.165, 1.54) is 6.21 Å². The molecule has 0 spiro atoms. The quantitative estimate of drug-likeness (QED) is 0.639. The SMILES string of the molecule is CCO/N=C/c1ccc(-c2noc(C(F)(F)F)n2)cc1. The van der Waals surface area contributed by atoms with E-state index in [9.17, 15) is 13.2 Å². The van der Waals surface area contributed by atoms with Gasteiger partial charge in [-0.25, -0.2) is 0 Å². The lowest BCUT2D eigenvalue weighted by molar-refractivity contribution is -0.159. The van der Waals surface area contributed by atoms with Crippen molar-refractivity contribution in [2.45, 2.75) is 13.1 Å². The Labute approximate surface area is 112 Å². The minimum absolute atomic E-state index is 0.120. The third-order valence-corrected chi connectivity index (χ3v) is 2.24. The van der Waals surface area contributed by atoms with Crippen LogP contribution in [0.15, 0.2) is 33.9 Å². The van der Waals surface area contributed by atoms with Gasteiger partial charge in [-0.05, 0) is 12.5 Å². The highest BCUT2D eigenvalue weighted by Gasteiger charge is 2.38. The highest BCUT2D eigenvalue weighted by Crippen LogP contribution is 2.29. The molecule has 0 bridgehead atoms. The maximum absolute atomic E-state index is 12.3. The number of oxime groups is 1. The Hall–Kier alpha value is -2.38. The van der Waals surface area contributed by atoms with E-state index in [-0.39, 0.29) is 5.82 Å². The van der Waals surface area contributed by atoms with E-state index in [0.29, 0.717) is 12.2 Å². The topological polar surface area (TPSA) is 60.5 Å². The van der Waals surface area contributed by atoms with Crippen LogP contribution in [-0.2, 0) is 11.0 Å². The molecule has 0 saturated carbocycles. The Morgan fingerprint density at radius 2 is 2.00 bits per heavy atom. The normalized spacial score (nSPS) is 12.0. The number of halogens is 3. The van der Waals surface area contributed by atoms with Crippen LogP contribution in [0.25, 0.3) is 11.4 Å².